The lowest BCUT2D eigenvalue weighted by Crippen LogP contribution is -2.23. The lowest BCUT2D eigenvalue weighted by Gasteiger charge is -2.19. The third kappa shape index (κ3) is 0.916. The van der Waals surface area contributed by atoms with Gasteiger partial charge in [0.25, 0.3) is 0 Å². The normalized spacial score (nSPS) is 31.8. The van der Waals surface area contributed by atoms with E-state index in [-0.39, 0.29) is 0 Å². The molecule has 0 N–H and O–H groups in total. The number of epoxide rings is 1. The zero-order valence-electron chi connectivity index (χ0n) is 6.81. The van der Waals surface area contributed by atoms with Crippen molar-refractivity contribution >= 4 is 5.69 Å². The lowest BCUT2D eigenvalue weighted by atomic mass is 10.3. The quantitative estimate of drug-likeness (QED) is 0.576. The predicted molar refractivity (Wildman–Crippen MR) is 47.3 cm³/mol. The molecule has 3 rings (SSSR count). The fraction of sp³-hybridized carbons (Fsp3) is 0.400. The van der Waals surface area contributed by atoms with Crippen LogP contribution in [0.3, 0.4) is 0 Å². The largest absolute Gasteiger partial charge is 0.366 e. The second-order valence-corrected chi connectivity index (χ2v) is 3.45. The molecule has 1 aromatic carbocycles. The standard InChI is InChI=1S/C10H11NO/c1-2-4-8(5-3-1)11-6-9-10(7-11)12-9/h1-5,9-10H,6-7H2. The molecule has 0 spiro atoms. The average Bonchev–Trinajstić information content (AvgIpc) is 2.75. The molecule has 0 bridgehead atoms. The number of morpholine rings is 1. The number of hydrogen-bond donors (Lipinski definition) is 0. The Morgan fingerprint density at radius 1 is 1.08 bits per heavy atom. The first kappa shape index (κ1) is 6.49. The molecular weight excluding hydrogens is 150 g/mol. The van der Waals surface area contributed by atoms with Crippen LogP contribution in [-0.2, 0) is 4.74 Å². The Kier molecular flexibility index (Phi) is 1.21. The number of para-hydroxylation sites is 1. The van der Waals surface area contributed by atoms with Gasteiger partial charge in [0.05, 0.1) is 0 Å². The molecule has 2 atom stereocenters. The number of rotatable bonds is 1. The minimum Gasteiger partial charge on any atom is -0.366 e. The van der Waals surface area contributed by atoms with Crippen molar-refractivity contribution in [2.24, 2.45) is 0 Å². The molecule has 0 amide bonds. The van der Waals surface area contributed by atoms with Gasteiger partial charge >= 0.3 is 0 Å². The van der Waals surface area contributed by atoms with Gasteiger partial charge in [-0.15, -0.1) is 0 Å². The molecule has 2 saturated heterocycles. The fourth-order valence-corrected chi connectivity index (χ4v) is 1.86. The summed E-state index contributed by atoms with van der Waals surface area (Å²) < 4.78 is 5.36. The van der Waals surface area contributed by atoms with Crippen LogP contribution in [0.25, 0.3) is 0 Å². The van der Waals surface area contributed by atoms with Crippen LogP contribution in [0.5, 0.6) is 0 Å². The third-order valence-electron chi connectivity index (χ3n) is 2.61. The lowest BCUT2D eigenvalue weighted by molar-refractivity contribution is 0.347. The van der Waals surface area contributed by atoms with Crippen molar-refractivity contribution in [2.45, 2.75) is 12.2 Å². The highest BCUT2D eigenvalue weighted by atomic mass is 16.6. The number of hydrogen-bond acceptors (Lipinski definition) is 2. The van der Waals surface area contributed by atoms with E-state index >= 15 is 0 Å². The number of anilines is 1. The van der Waals surface area contributed by atoms with Gasteiger partial charge in [0.1, 0.15) is 12.2 Å². The van der Waals surface area contributed by atoms with Gasteiger partial charge in [0, 0.05) is 18.8 Å². The summed E-state index contributed by atoms with van der Waals surface area (Å²) in [5.41, 5.74) is 1.33. The molecular formula is C10H11NO. The van der Waals surface area contributed by atoms with Crippen LogP contribution in [-0.4, -0.2) is 25.3 Å². The van der Waals surface area contributed by atoms with Crippen LogP contribution in [0.4, 0.5) is 5.69 Å². The van der Waals surface area contributed by atoms with Gasteiger partial charge in [-0.1, -0.05) is 18.2 Å². The van der Waals surface area contributed by atoms with E-state index in [4.69, 9.17) is 4.74 Å². The first-order valence-electron chi connectivity index (χ1n) is 4.39. The topological polar surface area (TPSA) is 15.8 Å². The molecule has 2 aliphatic rings. The minimum absolute atomic E-state index is 0.533. The molecule has 0 saturated carbocycles. The van der Waals surface area contributed by atoms with Gasteiger partial charge < -0.3 is 9.64 Å². The van der Waals surface area contributed by atoms with Crippen LogP contribution in [0, 0.1) is 0 Å². The van der Waals surface area contributed by atoms with E-state index in [1.165, 1.54) is 5.69 Å². The van der Waals surface area contributed by atoms with Crippen molar-refractivity contribution in [2.75, 3.05) is 18.0 Å². The molecule has 0 aliphatic carbocycles. The summed E-state index contributed by atoms with van der Waals surface area (Å²) in [5.74, 6) is 0. The van der Waals surface area contributed by atoms with Gasteiger partial charge in [-0.3, -0.25) is 0 Å². The monoisotopic (exact) mass is 161 g/mol. The SMILES string of the molecule is c1ccc(N2CC3OC3C2)cc1. The number of benzene rings is 1. The summed E-state index contributed by atoms with van der Waals surface area (Å²) in [5, 5.41) is 0. The van der Waals surface area contributed by atoms with Gasteiger partial charge in [0.15, 0.2) is 0 Å². The van der Waals surface area contributed by atoms with E-state index in [1.54, 1.807) is 0 Å². The van der Waals surface area contributed by atoms with Crippen molar-refractivity contribution in [1.82, 2.24) is 0 Å². The van der Waals surface area contributed by atoms with Crippen molar-refractivity contribution in [3.8, 4) is 0 Å². The molecule has 0 aromatic heterocycles. The van der Waals surface area contributed by atoms with Crippen LogP contribution >= 0.6 is 0 Å². The maximum absolute atomic E-state index is 5.36. The van der Waals surface area contributed by atoms with Crippen LogP contribution in [0.1, 0.15) is 0 Å². The first-order chi connectivity index (χ1) is 5.93. The number of fused-ring (bicyclic) bond motifs is 1. The first-order valence-corrected chi connectivity index (χ1v) is 4.39. The van der Waals surface area contributed by atoms with Crippen molar-refractivity contribution in [3.05, 3.63) is 30.3 Å². The molecule has 2 fully saturated rings. The van der Waals surface area contributed by atoms with E-state index in [9.17, 15) is 0 Å². The smallest absolute Gasteiger partial charge is 0.103 e. The predicted octanol–water partition coefficient (Wildman–Crippen LogP) is 1.27. The fourth-order valence-electron chi connectivity index (χ4n) is 1.86. The number of nitrogens with zero attached hydrogens (tertiary/aromatic N) is 1. The average molecular weight is 161 g/mol. The van der Waals surface area contributed by atoms with E-state index in [0.29, 0.717) is 12.2 Å². The van der Waals surface area contributed by atoms with Crippen molar-refractivity contribution < 1.29 is 4.74 Å². The zero-order chi connectivity index (χ0) is 7.97. The zero-order valence-corrected chi connectivity index (χ0v) is 6.81. The summed E-state index contributed by atoms with van der Waals surface area (Å²) in [6.07, 6.45) is 1.07. The summed E-state index contributed by atoms with van der Waals surface area (Å²) in [6, 6.07) is 10.5. The highest BCUT2D eigenvalue weighted by molar-refractivity contribution is 5.48. The van der Waals surface area contributed by atoms with Gasteiger partial charge in [-0.25, -0.2) is 0 Å². The molecule has 2 heteroatoms. The second kappa shape index (κ2) is 2.23. The summed E-state index contributed by atoms with van der Waals surface area (Å²) in [4.78, 5) is 2.39. The van der Waals surface area contributed by atoms with E-state index in [0.717, 1.165) is 13.1 Å². The highest BCUT2D eigenvalue weighted by Crippen LogP contribution is 2.33. The maximum atomic E-state index is 5.36. The molecule has 12 heavy (non-hydrogen) atoms. The third-order valence-corrected chi connectivity index (χ3v) is 2.61. The van der Waals surface area contributed by atoms with Gasteiger partial charge in [-0.05, 0) is 12.1 Å². The summed E-state index contributed by atoms with van der Waals surface area (Å²) in [6.45, 7) is 2.16. The Hall–Kier alpha value is -1.02. The Bertz CT molecular complexity index is 275. The number of ether oxygens (including phenoxy) is 1. The molecule has 2 unspecified atom stereocenters. The Morgan fingerprint density at radius 3 is 2.42 bits per heavy atom. The minimum atomic E-state index is 0.533. The molecule has 0 radical (unpaired) electrons. The molecule has 2 nitrogen and oxygen atoms in total. The van der Waals surface area contributed by atoms with Crippen LogP contribution in [0.15, 0.2) is 30.3 Å². The van der Waals surface area contributed by atoms with E-state index < -0.39 is 0 Å². The molecule has 1 aromatic rings. The maximum Gasteiger partial charge on any atom is 0.103 e. The summed E-state index contributed by atoms with van der Waals surface area (Å²) in [7, 11) is 0. The molecule has 2 heterocycles. The Morgan fingerprint density at radius 2 is 1.75 bits per heavy atom. The second-order valence-electron chi connectivity index (χ2n) is 3.45. The molecule has 62 valence electrons. The van der Waals surface area contributed by atoms with Crippen molar-refractivity contribution in [1.29, 1.82) is 0 Å². The summed E-state index contributed by atoms with van der Waals surface area (Å²) >= 11 is 0. The Labute approximate surface area is 71.8 Å². The van der Waals surface area contributed by atoms with E-state index in [1.807, 2.05) is 0 Å². The highest BCUT2D eigenvalue weighted by Gasteiger charge is 2.47. The molecule has 2 aliphatic heterocycles. The van der Waals surface area contributed by atoms with Crippen LogP contribution in [0.2, 0.25) is 0 Å². The van der Waals surface area contributed by atoms with Gasteiger partial charge in [0.2, 0.25) is 0 Å². The van der Waals surface area contributed by atoms with Crippen LogP contribution < -0.4 is 4.90 Å². The van der Waals surface area contributed by atoms with Gasteiger partial charge in [-0.2, -0.15) is 0 Å². The Balaban J connectivity index is 1.82. The van der Waals surface area contributed by atoms with E-state index in [2.05, 4.69) is 35.2 Å². The van der Waals surface area contributed by atoms with Crippen molar-refractivity contribution in [3.63, 3.8) is 0 Å².